The van der Waals surface area contributed by atoms with Crippen molar-refractivity contribution in [3.63, 3.8) is 0 Å². The predicted octanol–water partition coefficient (Wildman–Crippen LogP) is 2.72. The average molecular weight is 325 g/mol. The Labute approximate surface area is 131 Å². The number of nitrogens with zero attached hydrogens (tertiary/aromatic N) is 2. The molecule has 0 aliphatic heterocycles. The Balaban J connectivity index is 2.02. The van der Waals surface area contributed by atoms with E-state index in [1.807, 2.05) is 0 Å². The van der Waals surface area contributed by atoms with Crippen LogP contribution < -0.4 is 19.5 Å². The van der Waals surface area contributed by atoms with E-state index in [0.717, 1.165) is 0 Å². The fourth-order valence-corrected chi connectivity index (χ4v) is 2.52. The van der Waals surface area contributed by atoms with Gasteiger partial charge in [-0.3, -0.25) is 0 Å². The van der Waals surface area contributed by atoms with Crippen molar-refractivity contribution in [3.8, 4) is 17.2 Å². The number of fused-ring (bicyclic) bond motifs is 1. The van der Waals surface area contributed by atoms with Crippen molar-refractivity contribution < 1.29 is 23.0 Å². The van der Waals surface area contributed by atoms with E-state index in [-0.39, 0.29) is 13.0 Å². The lowest BCUT2D eigenvalue weighted by Gasteiger charge is -2.15. The van der Waals surface area contributed by atoms with Crippen LogP contribution in [0.5, 0.6) is 17.2 Å². The SMILES string of the molecule is COc1cc2c(NCC3CC3(F)F)ncnc2c(OC)c1OC. The van der Waals surface area contributed by atoms with Gasteiger partial charge in [0.2, 0.25) is 5.75 Å². The maximum atomic E-state index is 13.0. The van der Waals surface area contributed by atoms with Crippen LogP contribution in [0.15, 0.2) is 12.4 Å². The summed E-state index contributed by atoms with van der Waals surface area (Å²) < 4.78 is 42.0. The monoisotopic (exact) mass is 325 g/mol. The number of rotatable bonds is 6. The lowest BCUT2D eigenvalue weighted by molar-refractivity contribution is 0.101. The third-order valence-corrected chi connectivity index (χ3v) is 3.90. The Bertz CT molecular complexity index is 739. The van der Waals surface area contributed by atoms with E-state index in [4.69, 9.17) is 14.2 Å². The molecule has 1 unspecified atom stereocenters. The summed E-state index contributed by atoms with van der Waals surface area (Å²) in [5.74, 6) is -1.50. The van der Waals surface area contributed by atoms with Crippen LogP contribution in [0.2, 0.25) is 0 Å². The first-order chi connectivity index (χ1) is 11.0. The number of hydrogen-bond acceptors (Lipinski definition) is 6. The smallest absolute Gasteiger partial charge is 0.253 e. The number of methoxy groups -OCH3 is 3. The Kier molecular flexibility index (Phi) is 3.83. The standard InChI is InChI=1S/C15H17F2N3O3/c1-21-10-4-9-11(13(23-3)12(10)22-2)19-7-20-14(9)18-6-8-5-15(8,16)17/h4,7-8H,5-6H2,1-3H3,(H,18,19,20). The third-order valence-electron chi connectivity index (χ3n) is 3.90. The van der Waals surface area contributed by atoms with Crippen molar-refractivity contribution in [3.05, 3.63) is 12.4 Å². The highest BCUT2D eigenvalue weighted by Crippen LogP contribution is 2.49. The highest BCUT2D eigenvalue weighted by Gasteiger charge is 2.56. The second-order valence-electron chi connectivity index (χ2n) is 5.31. The average Bonchev–Trinajstić information content (AvgIpc) is 3.17. The minimum atomic E-state index is -2.57. The van der Waals surface area contributed by atoms with Gasteiger partial charge in [0.25, 0.3) is 5.92 Å². The molecule has 0 spiro atoms. The maximum absolute atomic E-state index is 13.0. The third kappa shape index (κ3) is 2.69. The van der Waals surface area contributed by atoms with E-state index >= 15 is 0 Å². The Morgan fingerprint density at radius 1 is 1.17 bits per heavy atom. The second kappa shape index (κ2) is 5.68. The molecule has 23 heavy (non-hydrogen) atoms. The van der Waals surface area contributed by atoms with Gasteiger partial charge in [0, 0.05) is 18.9 Å². The van der Waals surface area contributed by atoms with Crippen LogP contribution in [0.25, 0.3) is 10.9 Å². The molecule has 1 saturated carbocycles. The van der Waals surface area contributed by atoms with Crippen molar-refractivity contribution in [1.82, 2.24) is 9.97 Å². The van der Waals surface area contributed by atoms with E-state index in [2.05, 4.69) is 15.3 Å². The van der Waals surface area contributed by atoms with Gasteiger partial charge in [-0.25, -0.2) is 18.7 Å². The molecule has 8 heteroatoms. The topological polar surface area (TPSA) is 65.5 Å². The Hall–Kier alpha value is -2.38. The quantitative estimate of drug-likeness (QED) is 0.881. The molecule has 1 atom stereocenters. The highest BCUT2D eigenvalue weighted by molar-refractivity contribution is 5.96. The van der Waals surface area contributed by atoms with Crippen LogP contribution in [0, 0.1) is 5.92 Å². The number of alkyl halides is 2. The van der Waals surface area contributed by atoms with Gasteiger partial charge in [-0.1, -0.05) is 0 Å². The fourth-order valence-electron chi connectivity index (χ4n) is 2.52. The number of anilines is 1. The first-order valence-electron chi connectivity index (χ1n) is 7.07. The normalized spacial score (nSPS) is 18.6. The molecular weight excluding hydrogens is 308 g/mol. The van der Waals surface area contributed by atoms with Gasteiger partial charge in [0.1, 0.15) is 17.7 Å². The molecule has 0 bridgehead atoms. The van der Waals surface area contributed by atoms with Crippen molar-refractivity contribution in [2.24, 2.45) is 5.92 Å². The molecule has 1 aliphatic carbocycles. The largest absolute Gasteiger partial charge is 0.493 e. The lowest BCUT2D eigenvalue weighted by atomic mass is 10.2. The van der Waals surface area contributed by atoms with Gasteiger partial charge in [0.05, 0.1) is 26.7 Å². The molecule has 1 aliphatic rings. The number of nitrogens with one attached hydrogen (secondary N) is 1. The van der Waals surface area contributed by atoms with Gasteiger partial charge < -0.3 is 19.5 Å². The Morgan fingerprint density at radius 2 is 1.87 bits per heavy atom. The van der Waals surface area contributed by atoms with Gasteiger partial charge >= 0.3 is 0 Å². The van der Waals surface area contributed by atoms with Crippen LogP contribution in [-0.4, -0.2) is 43.8 Å². The fraction of sp³-hybridized carbons (Fsp3) is 0.467. The molecule has 124 valence electrons. The molecule has 1 N–H and O–H groups in total. The number of halogens is 2. The van der Waals surface area contributed by atoms with Crippen LogP contribution in [0.4, 0.5) is 14.6 Å². The van der Waals surface area contributed by atoms with Crippen molar-refractivity contribution in [1.29, 1.82) is 0 Å². The molecule has 0 amide bonds. The zero-order valence-electron chi connectivity index (χ0n) is 13.0. The summed E-state index contributed by atoms with van der Waals surface area (Å²) in [4.78, 5) is 8.35. The first kappa shape index (κ1) is 15.5. The van der Waals surface area contributed by atoms with E-state index in [9.17, 15) is 8.78 Å². The lowest BCUT2D eigenvalue weighted by Crippen LogP contribution is -2.10. The maximum Gasteiger partial charge on any atom is 0.253 e. The van der Waals surface area contributed by atoms with E-state index in [1.165, 1.54) is 27.7 Å². The van der Waals surface area contributed by atoms with E-state index in [1.54, 1.807) is 6.07 Å². The molecule has 1 fully saturated rings. The van der Waals surface area contributed by atoms with E-state index in [0.29, 0.717) is 34.0 Å². The van der Waals surface area contributed by atoms with Crippen molar-refractivity contribution in [2.75, 3.05) is 33.2 Å². The molecule has 1 aromatic heterocycles. The van der Waals surface area contributed by atoms with E-state index < -0.39 is 11.8 Å². The van der Waals surface area contributed by atoms with Crippen LogP contribution in [0.3, 0.4) is 0 Å². The first-order valence-corrected chi connectivity index (χ1v) is 7.07. The molecule has 3 rings (SSSR count). The Morgan fingerprint density at radius 3 is 2.43 bits per heavy atom. The second-order valence-corrected chi connectivity index (χ2v) is 5.31. The molecule has 6 nitrogen and oxygen atoms in total. The number of aromatic nitrogens is 2. The summed E-state index contributed by atoms with van der Waals surface area (Å²) in [5.41, 5.74) is 0.519. The van der Waals surface area contributed by atoms with Gasteiger partial charge in [-0.2, -0.15) is 0 Å². The summed E-state index contributed by atoms with van der Waals surface area (Å²) in [6, 6.07) is 1.70. The molecular formula is C15H17F2N3O3. The molecule has 0 radical (unpaired) electrons. The summed E-state index contributed by atoms with van der Waals surface area (Å²) in [6.45, 7) is 0.149. The summed E-state index contributed by atoms with van der Waals surface area (Å²) in [7, 11) is 4.50. The van der Waals surface area contributed by atoms with Crippen LogP contribution in [-0.2, 0) is 0 Å². The van der Waals surface area contributed by atoms with Crippen LogP contribution >= 0.6 is 0 Å². The van der Waals surface area contributed by atoms with Gasteiger partial charge in [0.15, 0.2) is 11.5 Å². The minimum Gasteiger partial charge on any atom is -0.493 e. The summed E-state index contributed by atoms with van der Waals surface area (Å²) >= 11 is 0. The molecule has 2 aromatic rings. The molecule has 0 saturated heterocycles. The zero-order chi connectivity index (χ0) is 16.6. The minimum absolute atomic E-state index is 0.0938. The zero-order valence-corrected chi connectivity index (χ0v) is 13.0. The molecule has 1 heterocycles. The number of hydrogen-bond donors (Lipinski definition) is 1. The summed E-state index contributed by atoms with van der Waals surface area (Å²) in [6.07, 6.45) is 1.26. The van der Waals surface area contributed by atoms with Crippen molar-refractivity contribution >= 4 is 16.7 Å². The van der Waals surface area contributed by atoms with Crippen molar-refractivity contribution in [2.45, 2.75) is 12.3 Å². The molecule has 1 aromatic carbocycles. The number of benzene rings is 1. The summed E-state index contributed by atoms with van der Waals surface area (Å²) in [5, 5.41) is 3.58. The van der Waals surface area contributed by atoms with Crippen LogP contribution in [0.1, 0.15) is 6.42 Å². The van der Waals surface area contributed by atoms with Gasteiger partial charge in [-0.15, -0.1) is 0 Å². The predicted molar refractivity (Wildman–Crippen MR) is 80.7 cm³/mol. The van der Waals surface area contributed by atoms with Gasteiger partial charge in [-0.05, 0) is 6.07 Å². The highest BCUT2D eigenvalue weighted by atomic mass is 19.3. The number of ether oxygens (including phenoxy) is 3.